The maximum absolute atomic E-state index is 5.90. The van der Waals surface area contributed by atoms with Gasteiger partial charge in [-0.3, -0.25) is 0 Å². The van der Waals surface area contributed by atoms with Crippen LogP contribution in [0.25, 0.3) is 0 Å². The van der Waals surface area contributed by atoms with E-state index in [2.05, 4.69) is 29.3 Å². The van der Waals surface area contributed by atoms with Crippen LogP contribution in [0, 0.1) is 0 Å². The van der Waals surface area contributed by atoms with Crippen LogP contribution in [0.15, 0.2) is 18.5 Å². The molecule has 1 aliphatic heterocycles. The molecule has 1 fully saturated rings. The summed E-state index contributed by atoms with van der Waals surface area (Å²) in [6.07, 6.45) is 8.23. The second-order valence-corrected chi connectivity index (χ2v) is 6.12. The van der Waals surface area contributed by atoms with Crippen molar-refractivity contribution in [1.82, 2.24) is 19.5 Å². The lowest BCUT2D eigenvalue weighted by atomic mass is 10.3. The zero-order valence-electron chi connectivity index (χ0n) is 13.9. The highest BCUT2D eigenvalue weighted by molar-refractivity contribution is 5.54. The third kappa shape index (κ3) is 3.72. The Morgan fingerprint density at radius 2 is 2.04 bits per heavy atom. The second kappa shape index (κ2) is 6.85. The van der Waals surface area contributed by atoms with Crippen molar-refractivity contribution in [3.8, 4) is 0 Å². The average molecular weight is 315 g/mol. The fourth-order valence-corrected chi connectivity index (χ4v) is 2.97. The number of hydrogen-bond acceptors (Lipinski definition) is 6. The lowest BCUT2D eigenvalue weighted by Crippen LogP contribution is -2.24. The lowest BCUT2D eigenvalue weighted by molar-refractivity contribution is 0.710. The van der Waals surface area contributed by atoms with E-state index >= 15 is 0 Å². The lowest BCUT2D eigenvalue weighted by Gasteiger charge is -2.22. The molecule has 124 valence electrons. The van der Waals surface area contributed by atoms with E-state index in [1.165, 1.54) is 12.8 Å². The standard InChI is InChI=1S/C16H25N7/c1-21(8-5-6-13-18-7-11-22(13)2)14-12-15(20-16(17)19-14)23-9-3-4-10-23/h7,11-12H,3-6,8-10H2,1-2H3,(H2,17,19,20). The average Bonchev–Trinajstić information content (AvgIpc) is 3.19. The molecule has 0 radical (unpaired) electrons. The Morgan fingerprint density at radius 1 is 1.26 bits per heavy atom. The van der Waals surface area contributed by atoms with E-state index in [0.717, 1.165) is 49.9 Å². The minimum Gasteiger partial charge on any atom is -0.368 e. The van der Waals surface area contributed by atoms with Gasteiger partial charge in [0.25, 0.3) is 0 Å². The van der Waals surface area contributed by atoms with E-state index < -0.39 is 0 Å². The van der Waals surface area contributed by atoms with Gasteiger partial charge in [-0.25, -0.2) is 4.98 Å². The number of anilines is 3. The molecule has 23 heavy (non-hydrogen) atoms. The quantitative estimate of drug-likeness (QED) is 0.870. The highest BCUT2D eigenvalue weighted by atomic mass is 15.3. The summed E-state index contributed by atoms with van der Waals surface area (Å²) in [4.78, 5) is 17.5. The summed E-state index contributed by atoms with van der Waals surface area (Å²) in [5.41, 5.74) is 5.90. The van der Waals surface area contributed by atoms with Crippen LogP contribution >= 0.6 is 0 Å². The SMILES string of the molecule is CN(CCCc1nccn1C)c1cc(N2CCCC2)nc(N)n1. The first-order chi connectivity index (χ1) is 11.1. The molecule has 0 saturated carbocycles. The number of aryl methyl sites for hydroxylation is 2. The van der Waals surface area contributed by atoms with Crippen LogP contribution < -0.4 is 15.5 Å². The highest BCUT2D eigenvalue weighted by Crippen LogP contribution is 2.23. The fraction of sp³-hybridized carbons (Fsp3) is 0.562. The third-order valence-corrected chi connectivity index (χ3v) is 4.35. The maximum atomic E-state index is 5.90. The van der Waals surface area contributed by atoms with Crippen molar-refractivity contribution < 1.29 is 0 Å². The molecule has 3 rings (SSSR count). The molecule has 0 aromatic carbocycles. The van der Waals surface area contributed by atoms with Gasteiger partial charge in [0, 0.05) is 58.6 Å². The van der Waals surface area contributed by atoms with Gasteiger partial charge in [-0.1, -0.05) is 0 Å². The molecule has 0 atom stereocenters. The molecule has 3 heterocycles. The van der Waals surface area contributed by atoms with Crippen molar-refractivity contribution >= 4 is 17.6 Å². The third-order valence-electron chi connectivity index (χ3n) is 4.35. The van der Waals surface area contributed by atoms with Gasteiger partial charge >= 0.3 is 0 Å². The molecular weight excluding hydrogens is 290 g/mol. The molecule has 1 saturated heterocycles. The van der Waals surface area contributed by atoms with Gasteiger partial charge in [-0.15, -0.1) is 0 Å². The van der Waals surface area contributed by atoms with Crippen LogP contribution in [0.5, 0.6) is 0 Å². The Morgan fingerprint density at radius 3 is 2.74 bits per heavy atom. The van der Waals surface area contributed by atoms with Crippen LogP contribution in [-0.2, 0) is 13.5 Å². The van der Waals surface area contributed by atoms with E-state index in [1.807, 2.05) is 32.6 Å². The van der Waals surface area contributed by atoms with Crippen LogP contribution in [0.3, 0.4) is 0 Å². The topological polar surface area (TPSA) is 76.1 Å². The molecule has 7 nitrogen and oxygen atoms in total. The first kappa shape index (κ1) is 15.6. The molecule has 2 aromatic rings. The van der Waals surface area contributed by atoms with Crippen molar-refractivity contribution in [3.63, 3.8) is 0 Å². The normalized spacial score (nSPS) is 14.4. The zero-order valence-corrected chi connectivity index (χ0v) is 13.9. The number of hydrogen-bond donors (Lipinski definition) is 1. The van der Waals surface area contributed by atoms with Crippen molar-refractivity contribution in [2.75, 3.05) is 42.2 Å². The molecule has 0 unspecified atom stereocenters. The Hall–Kier alpha value is -2.31. The van der Waals surface area contributed by atoms with Crippen molar-refractivity contribution in [1.29, 1.82) is 0 Å². The Labute approximate surface area is 137 Å². The van der Waals surface area contributed by atoms with Crippen molar-refractivity contribution in [2.45, 2.75) is 25.7 Å². The summed E-state index contributed by atoms with van der Waals surface area (Å²) in [7, 11) is 4.08. The number of aromatic nitrogens is 4. The van der Waals surface area contributed by atoms with Gasteiger partial charge in [0.1, 0.15) is 17.5 Å². The first-order valence-corrected chi connectivity index (χ1v) is 8.20. The number of rotatable bonds is 6. The fourth-order valence-electron chi connectivity index (χ4n) is 2.97. The summed E-state index contributed by atoms with van der Waals surface area (Å²) in [5.74, 6) is 3.29. The highest BCUT2D eigenvalue weighted by Gasteiger charge is 2.16. The largest absolute Gasteiger partial charge is 0.368 e. The molecule has 0 bridgehead atoms. The smallest absolute Gasteiger partial charge is 0.223 e. The first-order valence-electron chi connectivity index (χ1n) is 8.20. The Balaban J connectivity index is 1.62. The van der Waals surface area contributed by atoms with Gasteiger partial charge in [-0.05, 0) is 19.3 Å². The second-order valence-electron chi connectivity index (χ2n) is 6.12. The summed E-state index contributed by atoms with van der Waals surface area (Å²) >= 11 is 0. The molecule has 0 amide bonds. The van der Waals surface area contributed by atoms with Crippen LogP contribution in [0.4, 0.5) is 17.6 Å². The summed E-state index contributed by atoms with van der Waals surface area (Å²) in [6, 6.07) is 2.04. The number of nitrogens with two attached hydrogens (primary N) is 1. The van der Waals surface area contributed by atoms with Crippen molar-refractivity contribution in [2.24, 2.45) is 7.05 Å². The van der Waals surface area contributed by atoms with E-state index in [4.69, 9.17) is 5.73 Å². The van der Waals surface area contributed by atoms with E-state index in [-0.39, 0.29) is 0 Å². The van der Waals surface area contributed by atoms with Gasteiger partial charge in [0.2, 0.25) is 5.95 Å². The molecular formula is C16H25N7. The Kier molecular flexibility index (Phi) is 4.64. The molecule has 7 heteroatoms. The molecule has 2 N–H and O–H groups in total. The zero-order chi connectivity index (χ0) is 16.2. The van der Waals surface area contributed by atoms with Gasteiger partial charge < -0.3 is 20.1 Å². The summed E-state index contributed by atoms with van der Waals surface area (Å²) in [5, 5.41) is 0. The van der Waals surface area contributed by atoms with Crippen LogP contribution in [0.2, 0.25) is 0 Å². The summed E-state index contributed by atoms with van der Waals surface area (Å²) in [6.45, 7) is 3.01. The van der Waals surface area contributed by atoms with Crippen LogP contribution in [-0.4, -0.2) is 46.2 Å². The van der Waals surface area contributed by atoms with Gasteiger partial charge in [0.05, 0.1) is 0 Å². The molecule has 1 aliphatic rings. The minimum absolute atomic E-state index is 0.348. The minimum atomic E-state index is 0.348. The number of nitrogen functional groups attached to an aromatic ring is 1. The Bertz CT molecular complexity index is 646. The van der Waals surface area contributed by atoms with Crippen LogP contribution in [0.1, 0.15) is 25.1 Å². The summed E-state index contributed by atoms with van der Waals surface area (Å²) < 4.78 is 2.06. The molecule has 0 aliphatic carbocycles. The van der Waals surface area contributed by atoms with E-state index in [0.29, 0.717) is 5.95 Å². The van der Waals surface area contributed by atoms with Crippen molar-refractivity contribution in [3.05, 3.63) is 24.3 Å². The number of imidazole rings is 1. The molecule has 0 spiro atoms. The van der Waals surface area contributed by atoms with Gasteiger partial charge in [0.15, 0.2) is 0 Å². The predicted octanol–water partition coefficient (Wildman–Crippen LogP) is 1.46. The molecule has 2 aromatic heterocycles. The maximum Gasteiger partial charge on any atom is 0.223 e. The van der Waals surface area contributed by atoms with E-state index in [1.54, 1.807) is 0 Å². The monoisotopic (exact) mass is 315 g/mol. The number of nitrogens with zero attached hydrogens (tertiary/aromatic N) is 6. The predicted molar refractivity (Wildman–Crippen MR) is 92.7 cm³/mol. The van der Waals surface area contributed by atoms with Gasteiger partial charge in [-0.2, -0.15) is 9.97 Å². The van der Waals surface area contributed by atoms with E-state index in [9.17, 15) is 0 Å².